The van der Waals surface area contributed by atoms with Crippen molar-refractivity contribution in [1.82, 2.24) is 4.90 Å². The lowest BCUT2D eigenvalue weighted by Gasteiger charge is -2.24. The van der Waals surface area contributed by atoms with Crippen molar-refractivity contribution in [3.05, 3.63) is 0 Å². The molecule has 4 nitrogen and oxygen atoms in total. The van der Waals surface area contributed by atoms with Gasteiger partial charge in [-0.3, -0.25) is 9.59 Å². The lowest BCUT2D eigenvalue weighted by Crippen LogP contribution is -2.37. The van der Waals surface area contributed by atoms with Crippen LogP contribution in [0.4, 0.5) is 0 Å². The standard InChI is InChI=1S/C14H25NO3S/c1-11(14(17)18-3)10-19-12(2)13(16)15-8-6-4-5-7-9-15/h11-12H,4-10H2,1-3H3. The van der Waals surface area contributed by atoms with E-state index >= 15 is 0 Å². The number of ether oxygens (including phenoxy) is 1. The van der Waals surface area contributed by atoms with Crippen LogP contribution in [0.2, 0.25) is 0 Å². The summed E-state index contributed by atoms with van der Waals surface area (Å²) in [6.07, 6.45) is 4.68. The number of carbonyl (C=O) groups is 2. The quantitative estimate of drug-likeness (QED) is 0.728. The van der Waals surface area contributed by atoms with Gasteiger partial charge in [0.2, 0.25) is 5.91 Å². The molecule has 1 heterocycles. The highest BCUT2D eigenvalue weighted by atomic mass is 32.2. The number of hydrogen-bond acceptors (Lipinski definition) is 4. The maximum absolute atomic E-state index is 12.3. The van der Waals surface area contributed by atoms with Crippen molar-refractivity contribution < 1.29 is 14.3 Å². The lowest BCUT2D eigenvalue weighted by atomic mass is 10.2. The molecule has 5 heteroatoms. The predicted octanol–water partition coefficient (Wildman–Crippen LogP) is 2.32. The van der Waals surface area contributed by atoms with Crippen LogP contribution >= 0.6 is 11.8 Å². The highest BCUT2D eigenvalue weighted by Crippen LogP contribution is 2.19. The molecule has 2 unspecified atom stereocenters. The van der Waals surface area contributed by atoms with E-state index in [0.29, 0.717) is 5.75 Å². The molecule has 110 valence electrons. The summed E-state index contributed by atoms with van der Waals surface area (Å²) in [6, 6.07) is 0. The largest absolute Gasteiger partial charge is 0.469 e. The van der Waals surface area contributed by atoms with E-state index in [0.717, 1.165) is 25.9 Å². The second-order valence-electron chi connectivity index (χ2n) is 5.14. The fourth-order valence-corrected chi connectivity index (χ4v) is 3.18. The Kier molecular flexibility index (Phi) is 7.28. The molecule has 2 atom stereocenters. The maximum Gasteiger partial charge on any atom is 0.309 e. The van der Waals surface area contributed by atoms with Gasteiger partial charge in [-0.25, -0.2) is 0 Å². The Labute approximate surface area is 120 Å². The highest BCUT2D eigenvalue weighted by molar-refractivity contribution is 8.00. The molecule has 0 aromatic carbocycles. The van der Waals surface area contributed by atoms with Gasteiger partial charge in [0.25, 0.3) is 0 Å². The molecule has 1 fully saturated rings. The summed E-state index contributed by atoms with van der Waals surface area (Å²) in [7, 11) is 1.40. The Hall–Kier alpha value is -0.710. The van der Waals surface area contributed by atoms with Crippen molar-refractivity contribution in [3.63, 3.8) is 0 Å². The van der Waals surface area contributed by atoms with Crippen molar-refractivity contribution >= 4 is 23.6 Å². The number of hydrogen-bond donors (Lipinski definition) is 0. The van der Waals surface area contributed by atoms with Gasteiger partial charge in [0.1, 0.15) is 0 Å². The summed E-state index contributed by atoms with van der Waals surface area (Å²) >= 11 is 1.54. The second-order valence-corrected chi connectivity index (χ2v) is 6.51. The molecule has 0 aromatic rings. The van der Waals surface area contributed by atoms with E-state index in [1.54, 1.807) is 11.8 Å². The summed E-state index contributed by atoms with van der Waals surface area (Å²) in [5.74, 6) is 0.480. The summed E-state index contributed by atoms with van der Waals surface area (Å²) in [5.41, 5.74) is 0. The third kappa shape index (κ3) is 5.43. The minimum atomic E-state index is -0.207. The first-order chi connectivity index (χ1) is 9.06. The van der Waals surface area contributed by atoms with Gasteiger partial charge in [-0.15, -0.1) is 11.8 Å². The van der Waals surface area contributed by atoms with Crippen LogP contribution < -0.4 is 0 Å². The van der Waals surface area contributed by atoms with Crippen LogP contribution in [0.15, 0.2) is 0 Å². The normalized spacial score (nSPS) is 19.4. The van der Waals surface area contributed by atoms with Gasteiger partial charge < -0.3 is 9.64 Å². The average Bonchev–Trinajstić information content (AvgIpc) is 2.71. The minimum Gasteiger partial charge on any atom is -0.469 e. The van der Waals surface area contributed by atoms with E-state index in [2.05, 4.69) is 0 Å². The zero-order valence-corrected chi connectivity index (χ0v) is 13.0. The van der Waals surface area contributed by atoms with Crippen LogP contribution in [0.5, 0.6) is 0 Å². The zero-order chi connectivity index (χ0) is 14.3. The van der Waals surface area contributed by atoms with E-state index in [9.17, 15) is 9.59 Å². The number of amides is 1. The number of methoxy groups -OCH3 is 1. The smallest absolute Gasteiger partial charge is 0.309 e. The van der Waals surface area contributed by atoms with Gasteiger partial charge in [0.15, 0.2) is 0 Å². The van der Waals surface area contributed by atoms with E-state index < -0.39 is 0 Å². The molecule has 19 heavy (non-hydrogen) atoms. The molecule has 1 aliphatic heterocycles. The summed E-state index contributed by atoms with van der Waals surface area (Å²) < 4.78 is 4.69. The Bertz CT molecular complexity index is 301. The number of nitrogens with zero attached hydrogens (tertiary/aromatic N) is 1. The van der Waals surface area contributed by atoms with Gasteiger partial charge in [-0.05, 0) is 19.8 Å². The zero-order valence-electron chi connectivity index (χ0n) is 12.2. The molecule has 1 saturated heterocycles. The summed E-state index contributed by atoms with van der Waals surface area (Å²) in [4.78, 5) is 25.6. The number of rotatable bonds is 5. The minimum absolute atomic E-state index is 0.0785. The van der Waals surface area contributed by atoms with E-state index in [1.165, 1.54) is 20.0 Å². The van der Waals surface area contributed by atoms with Gasteiger partial charge in [-0.1, -0.05) is 19.8 Å². The van der Waals surface area contributed by atoms with Crippen molar-refractivity contribution in [2.45, 2.75) is 44.8 Å². The topological polar surface area (TPSA) is 46.6 Å². The molecule has 0 saturated carbocycles. The van der Waals surface area contributed by atoms with Crippen molar-refractivity contribution in [2.24, 2.45) is 5.92 Å². The third-order valence-corrected chi connectivity index (χ3v) is 4.86. The lowest BCUT2D eigenvalue weighted by molar-refractivity contribution is -0.144. The molecule has 0 aliphatic carbocycles. The average molecular weight is 287 g/mol. The van der Waals surface area contributed by atoms with Gasteiger partial charge >= 0.3 is 5.97 Å². The van der Waals surface area contributed by atoms with Gasteiger partial charge in [0, 0.05) is 18.8 Å². The number of thioether (sulfide) groups is 1. The molecule has 0 bridgehead atoms. The fourth-order valence-electron chi connectivity index (χ4n) is 2.18. The van der Waals surface area contributed by atoms with Crippen molar-refractivity contribution in [2.75, 3.05) is 26.0 Å². The molecular weight excluding hydrogens is 262 g/mol. The third-order valence-electron chi connectivity index (χ3n) is 3.47. The molecule has 0 spiro atoms. The summed E-state index contributed by atoms with van der Waals surface area (Å²) in [6.45, 7) is 5.54. The van der Waals surface area contributed by atoms with Crippen LogP contribution in [-0.4, -0.2) is 48.0 Å². The Morgan fingerprint density at radius 3 is 2.26 bits per heavy atom. The Morgan fingerprint density at radius 1 is 1.16 bits per heavy atom. The summed E-state index contributed by atoms with van der Waals surface area (Å²) in [5, 5.41) is -0.0785. The van der Waals surface area contributed by atoms with Crippen LogP contribution in [0, 0.1) is 5.92 Å². The molecule has 1 rings (SSSR count). The van der Waals surface area contributed by atoms with Crippen LogP contribution in [0.25, 0.3) is 0 Å². The number of esters is 1. The highest BCUT2D eigenvalue weighted by Gasteiger charge is 2.23. The van der Waals surface area contributed by atoms with E-state index in [4.69, 9.17) is 4.74 Å². The van der Waals surface area contributed by atoms with Crippen LogP contribution in [0.3, 0.4) is 0 Å². The predicted molar refractivity (Wildman–Crippen MR) is 78.1 cm³/mol. The SMILES string of the molecule is COC(=O)C(C)CSC(C)C(=O)N1CCCCCC1. The van der Waals surface area contributed by atoms with Crippen LogP contribution in [-0.2, 0) is 14.3 Å². The number of carbonyl (C=O) groups excluding carboxylic acids is 2. The fraction of sp³-hybridized carbons (Fsp3) is 0.857. The Balaban J connectivity index is 2.37. The maximum atomic E-state index is 12.3. The van der Waals surface area contributed by atoms with Gasteiger partial charge in [0.05, 0.1) is 18.3 Å². The van der Waals surface area contributed by atoms with Crippen molar-refractivity contribution in [3.8, 4) is 0 Å². The second kappa shape index (κ2) is 8.46. The first-order valence-corrected chi connectivity index (χ1v) is 8.09. The number of likely N-dealkylation sites (tertiary alicyclic amines) is 1. The van der Waals surface area contributed by atoms with E-state index in [1.807, 2.05) is 18.7 Å². The monoisotopic (exact) mass is 287 g/mol. The first kappa shape index (κ1) is 16.3. The first-order valence-electron chi connectivity index (χ1n) is 7.04. The molecule has 0 aromatic heterocycles. The van der Waals surface area contributed by atoms with E-state index in [-0.39, 0.29) is 23.0 Å². The molecule has 0 radical (unpaired) electrons. The molecular formula is C14H25NO3S. The Morgan fingerprint density at radius 2 is 1.74 bits per heavy atom. The van der Waals surface area contributed by atoms with Crippen molar-refractivity contribution in [1.29, 1.82) is 0 Å². The van der Waals surface area contributed by atoms with Gasteiger partial charge in [-0.2, -0.15) is 0 Å². The van der Waals surface area contributed by atoms with Crippen LogP contribution in [0.1, 0.15) is 39.5 Å². The molecule has 1 amide bonds. The molecule has 1 aliphatic rings. The molecule has 0 N–H and O–H groups in total.